The van der Waals surface area contributed by atoms with Crippen molar-refractivity contribution in [3.63, 3.8) is 0 Å². The summed E-state index contributed by atoms with van der Waals surface area (Å²) in [6, 6.07) is 7.79. The summed E-state index contributed by atoms with van der Waals surface area (Å²) in [4.78, 5) is 14.1. The number of likely N-dealkylation sites (tertiary alicyclic amines) is 1. The van der Waals surface area contributed by atoms with Crippen LogP contribution in [-0.2, 0) is 4.79 Å². The maximum atomic E-state index is 12.0. The molecule has 1 amide bonds. The average Bonchev–Trinajstić information content (AvgIpc) is 2.54. The zero-order valence-electron chi connectivity index (χ0n) is 14.1. The number of carbonyl (C=O) groups excluding carboxylic acids is 1. The average molecular weight is 320 g/mol. The SMILES string of the molecule is CCNC(=O)C1CCCN(CC(O)COc2ccccc2C)C1. The molecule has 2 atom stereocenters. The Balaban J connectivity index is 1.77. The van der Waals surface area contributed by atoms with Gasteiger partial charge in [0.15, 0.2) is 0 Å². The number of β-amino-alcohol motifs (C(OH)–C–C–N with tert-alkyl or cyclic N) is 1. The van der Waals surface area contributed by atoms with Crippen molar-refractivity contribution in [2.45, 2.75) is 32.8 Å². The molecular weight excluding hydrogens is 292 g/mol. The number of piperidine rings is 1. The van der Waals surface area contributed by atoms with E-state index in [1.165, 1.54) is 0 Å². The Morgan fingerprint density at radius 1 is 1.48 bits per heavy atom. The van der Waals surface area contributed by atoms with Crippen molar-refractivity contribution in [3.05, 3.63) is 29.8 Å². The molecule has 5 nitrogen and oxygen atoms in total. The van der Waals surface area contributed by atoms with Crippen LogP contribution in [0.3, 0.4) is 0 Å². The molecule has 1 aromatic carbocycles. The lowest BCUT2D eigenvalue weighted by molar-refractivity contribution is -0.126. The van der Waals surface area contributed by atoms with Crippen LogP contribution in [0.2, 0.25) is 0 Å². The largest absolute Gasteiger partial charge is 0.491 e. The Hall–Kier alpha value is -1.59. The van der Waals surface area contributed by atoms with E-state index in [2.05, 4.69) is 10.2 Å². The van der Waals surface area contributed by atoms with E-state index in [1.54, 1.807) is 0 Å². The van der Waals surface area contributed by atoms with E-state index in [4.69, 9.17) is 4.74 Å². The third kappa shape index (κ3) is 5.52. The van der Waals surface area contributed by atoms with Crippen LogP contribution in [0, 0.1) is 12.8 Å². The van der Waals surface area contributed by atoms with Gasteiger partial charge in [-0.05, 0) is 44.9 Å². The Morgan fingerprint density at radius 3 is 3.00 bits per heavy atom. The zero-order valence-corrected chi connectivity index (χ0v) is 14.1. The number of carbonyl (C=O) groups is 1. The summed E-state index contributed by atoms with van der Waals surface area (Å²) < 4.78 is 5.70. The van der Waals surface area contributed by atoms with Gasteiger partial charge >= 0.3 is 0 Å². The monoisotopic (exact) mass is 320 g/mol. The molecule has 128 valence electrons. The van der Waals surface area contributed by atoms with Crippen LogP contribution in [0.1, 0.15) is 25.3 Å². The van der Waals surface area contributed by atoms with Crippen molar-refractivity contribution in [1.29, 1.82) is 0 Å². The fourth-order valence-electron chi connectivity index (χ4n) is 3.01. The Bertz CT molecular complexity index is 507. The first kappa shape index (κ1) is 17.8. The predicted octanol–water partition coefficient (Wildman–Crippen LogP) is 1.58. The van der Waals surface area contributed by atoms with E-state index >= 15 is 0 Å². The van der Waals surface area contributed by atoms with Gasteiger partial charge in [0.2, 0.25) is 5.91 Å². The van der Waals surface area contributed by atoms with Gasteiger partial charge in [0.25, 0.3) is 0 Å². The zero-order chi connectivity index (χ0) is 16.7. The first-order valence-corrected chi connectivity index (χ1v) is 8.46. The van der Waals surface area contributed by atoms with Gasteiger partial charge in [0.1, 0.15) is 18.5 Å². The van der Waals surface area contributed by atoms with Crippen molar-refractivity contribution in [2.24, 2.45) is 5.92 Å². The van der Waals surface area contributed by atoms with Gasteiger partial charge in [0, 0.05) is 19.6 Å². The Morgan fingerprint density at radius 2 is 2.26 bits per heavy atom. The van der Waals surface area contributed by atoms with Gasteiger partial charge in [-0.15, -0.1) is 0 Å². The molecule has 1 fully saturated rings. The maximum absolute atomic E-state index is 12.0. The molecule has 0 radical (unpaired) electrons. The first-order chi connectivity index (χ1) is 11.1. The van der Waals surface area contributed by atoms with Crippen molar-refractivity contribution in [2.75, 3.05) is 32.8 Å². The van der Waals surface area contributed by atoms with E-state index in [1.807, 2.05) is 38.1 Å². The van der Waals surface area contributed by atoms with Crippen LogP contribution in [0.4, 0.5) is 0 Å². The van der Waals surface area contributed by atoms with Gasteiger partial charge in [0.05, 0.1) is 5.92 Å². The third-order valence-corrected chi connectivity index (χ3v) is 4.22. The highest BCUT2D eigenvalue weighted by Gasteiger charge is 2.26. The number of hydrogen-bond donors (Lipinski definition) is 2. The Labute approximate surface area is 138 Å². The summed E-state index contributed by atoms with van der Waals surface area (Å²) in [7, 11) is 0. The number of aliphatic hydroxyl groups excluding tert-OH is 1. The fraction of sp³-hybridized carbons (Fsp3) is 0.611. The Kier molecular flexibility index (Phi) is 6.86. The molecule has 5 heteroatoms. The smallest absolute Gasteiger partial charge is 0.224 e. The molecule has 0 bridgehead atoms. The number of benzene rings is 1. The molecule has 2 unspecified atom stereocenters. The van der Waals surface area contributed by atoms with Crippen LogP contribution < -0.4 is 10.1 Å². The quantitative estimate of drug-likeness (QED) is 0.801. The van der Waals surface area contributed by atoms with Gasteiger partial charge in [-0.25, -0.2) is 0 Å². The van der Waals surface area contributed by atoms with Gasteiger partial charge < -0.3 is 15.2 Å². The molecule has 0 aliphatic carbocycles. The van der Waals surface area contributed by atoms with Crippen molar-refractivity contribution < 1.29 is 14.6 Å². The van der Waals surface area contributed by atoms with Crippen LogP contribution in [0.5, 0.6) is 5.75 Å². The van der Waals surface area contributed by atoms with Crippen molar-refractivity contribution >= 4 is 5.91 Å². The highest BCUT2D eigenvalue weighted by atomic mass is 16.5. The van der Waals surface area contributed by atoms with E-state index in [9.17, 15) is 9.90 Å². The van der Waals surface area contributed by atoms with E-state index in [0.717, 1.165) is 30.7 Å². The number of rotatable bonds is 7. The van der Waals surface area contributed by atoms with Crippen LogP contribution in [0.15, 0.2) is 24.3 Å². The minimum atomic E-state index is -0.553. The lowest BCUT2D eigenvalue weighted by atomic mass is 9.97. The van der Waals surface area contributed by atoms with Crippen LogP contribution in [-0.4, -0.2) is 54.8 Å². The summed E-state index contributed by atoms with van der Waals surface area (Å²) >= 11 is 0. The van der Waals surface area contributed by atoms with Crippen LogP contribution >= 0.6 is 0 Å². The number of para-hydroxylation sites is 1. The molecule has 1 aliphatic rings. The molecule has 1 heterocycles. The molecule has 1 aliphatic heterocycles. The molecule has 1 saturated heterocycles. The molecule has 0 aromatic heterocycles. The van der Waals surface area contributed by atoms with Crippen molar-refractivity contribution in [3.8, 4) is 5.75 Å². The molecule has 0 saturated carbocycles. The van der Waals surface area contributed by atoms with E-state index < -0.39 is 6.10 Å². The third-order valence-electron chi connectivity index (χ3n) is 4.22. The van der Waals surface area contributed by atoms with E-state index in [0.29, 0.717) is 19.6 Å². The fourth-order valence-corrected chi connectivity index (χ4v) is 3.01. The molecule has 2 rings (SSSR count). The van der Waals surface area contributed by atoms with Gasteiger partial charge in [-0.3, -0.25) is 9.69 Å². The lowest BCUT2D eigenvalue weighted by Crippen LogP contribution is -2.46. The number of nitrogens with zero attached hydrogens (tertiary/aromatic N) is 1. The summed E-state index contributed by atoms with van der Waals surface area (Å²) in [5.41, 5.74) is 1.06. The molecule has 1 aromatic rings. The molecule has 2 N–H and O–H groups in total. The summed E-state index contributed by atoms with van der Waals surface area (Å²) in [6.07, 6.45) is 1.37. The predicted molar refractivity (Wildman–Crippen MR) is 90.5 cm³/mol. The highest BCUT2D eigenvalue weighted by Crippen LogP contribution is 2.18. The summed E-state index contributed by atoms with van der Waals surface area (Å²) in [5.74, 6) is 0.974. The number of aliphatic hydroxyl groups is 1. The first-order valence-electron chi connectivity index (χ1n) is 8.46. The maximum Gasteiger partial charge on any atom is 0.224 e. The second-order valence-electron chi connectivity index (χ2n) is 6.22. The number of hydrogen-bond acceptors (Lipinski definition) is 4. The van der Waals surface area contributed by atoms with Gasteiger partial charge in [-0.1, -0.05) is 18.2 Å². The number of ether oxygens (including phenoxy) is 1. The number of amides is 1. The van der Waals surface area contributed by atoms with Crippen LogP contribution in [0.25, 0.3) is 0 Å². The molecule has 23 heavy (non-hydrogen) atoms. The lowest BCUT2D eigenvalue weighted by Gasteiger charge is -2.33. The molecule has 0 spiro atoms. The van der Waals surface area contributed by atoms with E-state index in [-0.39, 0.29) is 18.4 Å². The number of nitrogens with one attached hydrogen (secondary N) is 1. The summed E-state index contributed by atoms with van der Waals surface area (Å²) in [6.45, 7) is 7.05. The molecular formula is C18H28N2O3. The minimum Gasteiger partial charge on any atom is -0.491 e. The van der Waals surface area contributed by atoms with Gasteiger partial charge in [-0.2, -0.15) is 0 Å². The highest BCUT2D eigenvalue weighted by molar-refractivity contribution is 5.78. The topological polar surface area (TPSA) is 61.8 Å². The number of aryl methyl sites for hydroxylation is 1. The minimum absolute atomic E-state index is 0.0354. The second-order valence-corrected chi connectivity index (χ2v) is 6.22. The standard InChI is InChI=1S/C18H28N2O3/c1-3-19-18(22)15-8-6-10-20(11-15)12-16(21)13-23-17-9-5-4-7-14(17)2/h4-5,7,9,15-16,21H,3,6,8,10-13H2,1-2H3,(H,19,22). The normalized spacial score (nSPS) is 20.0. The summed E-state index contributed by atoms with van der Waals surface area (Å²) in [5, 5.41) is 13.1. The second kappa shape index (κ2) is 8.89. The van der Waals surface area contributed by atoms with Crippen molar-refractivity contribution in [1.82, 2.24) is 10.2 Å².